The number of ether oxygens (including phenoxy) is 1. The van der Waals surface area contributed by atoms with Gasteiger partial charge in [-0.3, -0.25) is 14.9 Å². The van der Waals surface area contributed by atoms with Gasteiger partial charge in [0.05, 0.1) is 10.5 Å². The molecule has 122 valence electrons. The average molecular weight is 317 g/mol. The first-order valence-corrected chi connectivity index (χ1v) is 7.25. The fourth-order valence-electron chi connectivity index (χ4n) is 2.35. The second kappa shape index (κ2) is 6.60. The Morgan fingerprint density at radius 3 is 2.87 bits per heavy atom. The van der Waals surface area contributed by atoms with E-state index in [0.29, 0.717) is 36.4 Å². The van der Waals surface area contributed by atoms with Gasteiger partial charge in [0.15, 0.2) is 0 Å². The maximum Gasteiger partial charge on any atom is 0.270 e. The number of hydrogen-bond donors (Lipinski definition) is 1. The van der Waals surface area contributed by atoms with E-state index in [1.54, 1.807) is 6.08 Å². The third-order valence-corrected chi connectivity index (χ3v) is 3.35. The van der Waals surface area contributed by atoms with E-state index in [0.717, 1.165) is 0 Å². The molecule has 0 saturated carbocycles. The van der Waals surface area contributed by atoms with Crippen molar-refractivity contribution in [3.8, 4) is 5.75 Å². The highest BCUT2D eigenvalue weighted by molar-refractivity contribution is 6.21. The van der Waals surface area contributed by atoms with Crippen LogP contribution in [0, 0.1) is 10.1 Å². The van der Waals surface area contributed by atoms with Crippen LogP contribution in [0.25, 0.3) is 5.57 Å². The van der Waals surface area contributed by atoms with Crippen molar-refractivity contribution in [2.75, 3.05) is 13.1 Å². The largest absolute Gasteiger partial charge is 0.483 e. The lowest BCUT2D eigenvalue weighted by Crippen LogP contribution is -2.34. The highest BCUT2D eigenvalue weighted by Crippen LogP contribution is 2.38. The molecule has 1 amide bonds. The summed E-state index contributed by atoms with van der Waals surface area (Å²) >= 11 is 0. The van der Waals surface area contributed by atoms with Crippen molar-refractivity contribution < 1.29 is 14.5 Å². The zero-order chi connectivity index (χ0) is 17.0. The molecule has 0 fully saturated rings. The van der Waals surface area contributed by atoms with Crippen molar-refractivity contribution in [2.45, 2.75) is 25.9 Å². The number of carbonyl (C=O) groups excluding carboxylic acids is 1. The SMILES string of the molecule is C=NCCCNC(=O)C1=CC(C)(C)Oc2ccc([N+](=O)[O-])cc21. The minimum absolute atomic E-state index is 0.0818. The third-order valence-electron chi connectivity index (χ3n) is 3.35. The van der Waals surface area contributed by atoms with Gasteiger partial charge < -0.3 is 15.0 Å². The second-order valence-electron chi connectivity index (χ2n) is 5.76. The fourth-order valence-corrected chi connectivity index (χ4v) is 2.35. The van der Waals surface area contributed by atoms with Crippen LogP contribution in [0.3, 0.4) is 0 Å². The van der Waals surface area contributed by atoms with Gasteiger partial charge in [-0.25, -0.2) is 0 Å². The van der Waals surface area contributed by atoms with E-state index in [2.05, 4.69) is 17.0 Å². The van der Waals surface area contributed by atoms with Gasteiger partial charge in [0.1, 0.15) is 11.4 Å². The number of non-ortho nitro benzene ring substituents is 1. The number of fused-ring (bicyclic) bond motifs is 1. The Morgan fingerprint density at radius 2 is 2.22 bits per heavy atom. The minimum atomic E-state index is -0.668. The van der Waals surface area contributed by atoms with Crippen molar-refractivity contribution in [3.05, 3.63) is 40.0 Å². The molecule has 1 aromatic rings. The molecule has 0 atom stereocenters. The predicted molar refractivity (Wildman–Crippen MR) is 87.8 cm³/mol. The number of nitrogens with zero attached hydrogens (tertiary/aromatic N) is 2. The molecule has 23 heavy (non-hydrogen) atoms. The first-order chi connectivity index (χ1) is 10.8. The van der Waals surface area contributed by atoms with Crippen LogP contribution in [-0.2, 0) is 4.79 Å². The molecule has 0 aromatic heterocycles. The number of nitrogens with one attached hydrogen (secondary N) is 1. The van der Waals surface area contributed by atoms with Crippen molar-refractivity contribution in [1.29, 1.82) is 0 Å². The minimum Gasteiger partial charge on any atom is -0.483 e. The molecule has 1 aromatic carbocycles. The fraction of sp³-hybridized carbons (Fsp3) is 0.375. The van der Waals surface area contributed by atoms with Crippen molar-refractivity contribution >= 4 is 23.9 Å². The lowest BCUT2D eigenvalue weighted by atomic mass is 9.93. The van der Waals surface area contributed by atoms with Gasteiger partial charge in [0, 0.05) is 30.8 Å². The van der Waals surface area contributed by atoms with Crippen LogP contribution in [0.5, 0.6) is 5.75 Å². The topological polar surface area (TPSA) is 93.8 Å². The molecule has 2 rings (SSSR count). The number of nitro groups is 1. The van der Waals surface area contributed by atoms with Crippen LogP contribution in [0.4, 0.5) is 5.69 Å². The van der Waals surface area contributed by atoms with E-state index >= 15 is 0 Å². The molecule has 7 nitrogen and oxygen atoms in total. The summed E-state index contributed by atoms with van der Waals surface area (Å²) in [7, 11) is 0. The Morgan fingerprint density at radius 1 is 1.48 bits per heavy atom. The van der Waals surface area contributed by atoms with E-state index in [4.69, 9.17) is 4.74 Å². The summed E-state index contributed by atoms with van der Waals surface area (Å²) in [5.74, 6) is 0.174. The Hall–Kier alpha value is -2.70. The highest BCUT2D eigenvalue weighted by atomic mass is 16.6. The maximum absolute atomic E-state index is 12.4. The Kier molecular flexibility index (Phi) is 4.78. The van der Waals surface area contributed by atoms with Crippen LogP contribution < -0.4 is 10.1 Å². The summed E-state index contributed by atoms with van der Waals surface area (Å²) in [5, 5.41) is 13.8. The molecule has 1 aliphatic rings. The van der Waals surface area contributed by atoms with Gasteiger partial charge >= 0.3 is 0 Å². The number of carbonyl (C=O) groups is 1. The van der Waals surface area contributed by atoms with Crippen LogP contribution >= 0.6 is 0 Å². The molecular weight excluding hydrogens is 298 g/mol. The summed E-state index contributed by atoms with van der Waals surface area (Å²) in [5.41, 5.74) is 0.0596. The summed E-state index contributed by atoms with van der Waals surface area (Å²) in [6.07, 6.45) is 2.37. The number of benzene rings is 1. The van der Waals surface area contributed by atoms with Gasteiger partial charge in [-0.05, 0) is 39.1 Å². The molecule has 0 bridgehead atoms. The first-order valence-electron chi connectivity index (χ1n) is 7.25. The molecule has 1 heterocycles. The molecule has 1 N–H and O–H groups in total. The normalized spacial score (nSPS) is 15.0. The highest BCUT2D eigenvalue weighted by Gasteiger charge is 2.30. The molecule has 0 aliphatic carbocycles. The number of hydrogen-bond acceptors (Lipinski definition) is 5. The van der Waals surface area contributed by atoms with Gasteiger partial charge in [-0.15, -0.1) is 0 Å². The van der Waals surface area contributed by atoms with Gasteiger partial charge in [0.2, 0.25) is 0 Å². The van der Waals surface area contributed by atoms with Crippen LogP contribution in [0.15, 0.2) is 29.3 Å². The maximum atomic E-state index is 12.4. The van der Waals surface area contributed by atoms with E-state index in [1.165, 1.54) is 18.2 Å². The zero-order valence-corrected chi connectivity index (χ0v) is 13.2. The standard InChI is InChI=1S/C16H19N3O4/c1-16(2)10-13(15(20)18-8-4-7-17-3)12-9-11(19(21)22)5-6-14(12)23-16/h5-6,9-10H,3-4,7-8H2,1-2H3,(H,18,20). The monoisotopic (exact) mass is 317 g/mol. The van der Waals surface area contributed by atoms with Gasteiger partial charge in [-0.1, -0.05) is 0 Å². The molecular formula is C16H19N3O4. The first kappa shape index (κ1) is 16.7. The third kappa shape index (κ3) is 3.94. The lowest BCUT2D eigenvalue weighted by molar-refractivity contribution is -0.384. The molecule has 1 aliphatic heterocycles. The Labute approximate surface area is 134 Å². The van der Waals surface area contributed by atoms with Crippen LogP contribution in [-0.4, -0.2) is 36.2 Å². The number of aliphatic imine (C=N–C) groups is 1. The smallest absolute Gasteiger partial charge is 0.270 e. The Bertz CT molecular complexity index is 680. The summed E-state index contributed by atoms with van der Waals surface area (Å²) in [6.45, 7) is 8.06. The van der Waals surface area contributed by atoms with Crippen LogP contribution in [0.1, 0.15) is 25.8 Å². The summed E-state index contributed by atoms with van der Waals surface area (Å²) in [6, 6.07) is 4.25. The molecule has 0 unspecified atom stereocenters. The van der Waals surface area contributed by atoms with Crippen molar-refractivity contribution in [1.82, 2.24) is 5.32 Å². The van der Waals surface area contributed by atoms with Crippen molar-refractivity contribution in [3.63, 3.8) is 0 Å². The molecule has 7 heteroatoms. The molecule has 0 spiro atoms. The van der Waals surface area contributed by atoms with E-state index in [-0.39, 0.29) is 11.6 Å². The number of nitro benzene ring substituents is 1. The second-order valence-corrected chi connectivity index (χ2v) is 5.76. The Balaban J connectivity index is 2.31. The predicted octanol–water partition coefficient (Wildman–Crippen LogP) is 2.36. The number of amides is 1. The average Bonchev–Trinajstić information content (AvgIpc) is 2.49. The summed E-state index contributed by atoms with van der Waals surface area (Å²) in [4.78, 5) is 26.6. The van der Waals surface area contributed by atoms with Crippen molar-refractivity contribution in [2.24, 2.45) is 4.99 Å². The van der Waals surface area contributed by atoms with Crippen LogP contribution in [0.2, 0.25) is 0 Å². The number of rotatable bonds is 6. The van der Waals surface area contributed by atoms with E-state index < -0.39 is 10.5 Å². The van der Waals surface area contributed by atoms with Gasteiger partial charge in [-0.2, -0.15) is 0 Å². The van der Waals surface area contributed by atoms with Gasteiger partial charge in [0.25, 0.3) is 11.6 Å². The van der Waals surface area contributed by atoms with E-state index in [9.17, 15) is 14.9 Å². The van der Waals surface area contributed by atoms with E-state index in [1.807, 2.05) is 13.8 Å². The molecule has 0 radical (unpaired) electrons. The molecule has 0 saturated heterocycles. The summed E-state index contributed by atoms with van der Waals surface area (Å²) < 4.78 is 5.78. The quantitative estimate of drug-likeness (QED) is 0.377. The lowest BCUT2D eigenvalue weighted by Gasteiger charge is -2.30. The zero-order valence-electron chi connectivity index (χ0n) is 13.2.